The van der Waals surface area contributed by atoms with Crippen LogP contribution in [0.5, 0.6) is 0 Å². The Hall–Kier alpha value is -3.98. The number of para-hydroxylation sites is 1. The molecule has 0 radical (unpaired) electrons. The van der Waals surface area contributed by atoms with Gasteiger partial charge in [0.25, 0.3) is 5.91 Å². The lowest BCUT2D eigenvalue weighted by molar-refractivity contribution is -0.137. The summed E-state index contributed by atoms with van der Waals surface area (Å²) in [7, 11) is 0. The molecule has 4 aromatic rings. The van der Waals surface area contributed by atoms with Crippen molar-refractivity contribution >= 4 is 40.1 Å². The molecule has 0 bridgehead atoms. The first-order chi connectivity index (χ1) is 16.6. The number of hydrogen-bond donors (Lipinski definition) is 1. The molecule has 0 fully saturated rings. The fourth-order valence-electron chi connectivity index (χ4n) is 3.38. The van der Waals surface area contributed by atoms with Crippen molar-refractivity contribution in [2.75, 3.05) is 5.32 Å². The molecule has 1 amide bonds. The lowest BCUT2D eigenvalue weighted by atomic mass is 10.0. The number of benzene rings is 2. The van der Waals surface area contributed by atoms with Gasteiger partial charge in [-0.05, 0) is 49.4 Å². The lowest BCUT2D eigenvalue weighted by Crippen LogP contribution is -2.31. The number of hydrogen-bond acceptors (Lipinski definition) is 5. The number of esters is 1. The van der Waals surface area contributed by atoms with Crippen LogP contribution in [0.1, 0.15) is 22.8 Å². The van der Waals surface area contributed by atoms with Crippen LogP contribution in [-0.4, -0.2) is 27.9 Å². The number of carbonyl (C=O) groups is 2. The van der Waals surface area contributed by atoms with E-state index in [9.17, 15) is 22.8 Å². The summed E-state index contributed by atoms with van der Waals surface area (Å²) in [6.07, 6.45) is -2.95. The lowest BCUT2D eigenvalue weighted by Gasteiger charge is -2.17. The number of alkyl halides is 3. The molecule has 2 heterocycles. The van der Waals surface area contributed by atoms with Crippen LogP contribution in [0.15, 0.2) is 73.1 Å². The van der Waals surface area contributed by atoms with Crippen LogP contribution in [0.25, 0.3) is 22.2 Å². The van der Waals surface area contributed by atoms with Gasteiger partial charge in [0.15, 0.2) is 6.10 Å². The van der Waals surface area contributed by atoms with Crippen molar-refractivity contribution in [2.24, 2.45) is 0 Å². The summed E-state index contributed by atoms with van der Waals surface area (Å²) in [5, 5.41) is 2.52. The normalized spacial score (nSPS) is 12.3. The molecule has 6 nitrogen and oxygen atoms in total. The van der Waals surface area contributed by atoms with Crippen molar-refractivity contribution in [1.82, 2.24) is 9.97 Å². The first-order valence-electron chi connectivity index (χ1n) is 10.3. The minimum absolute atomic E-state index is 0.135. The predicted octanol–water partition coefficient (Wildman–Crippen LogP) is 6.15. The summed E-state index contributed by atoms with van der Waals surface area (Å²) in [6.45, 7) is 1.27. The summed E-state index contributed by atoms with van der Waals surface area (Å²) in [5.74, 6) is -1.76. The molecule has 4 rings (SSSR count). The summed E-state index contributed by atoms with van der Waals surface area (Å²) in [6, 6.07) is 14.9. The molecule has 0 aliphatic heterocycles. The van der Waals surface area contributed by atoms with Crippen LogP contribution in [-0.2, 0) is 15.7 Å². The fraction of sp³-hybridized carbons (Fsp3) is 0.120. The van der Waals surface area contributed by atoms with Crippen LogP contribution in [0.4, 0.5) is 18.9 Å². The molecule has 178 valence electrons. The maximum absolute atomic E-state index is 13.3. The number of nitrogens with zero attached hydrogens (tertiary/aromatic N) is 2. The molecule has 1 atom stereocenters. The highest BCUT2D eigenvalue weighted by molar-refractivity contribution is 6.30. The zero-order chi connectivity index (χ0) is 25.2. The highest BCUT2D eigenvalue weighted by Gasteiger charge is 2.35. The van der Waals surface area contributed by atoms with Gasteiger partial charge < -0.3 is 10.1 Å². The van der Waals surface area contributed by atoms with E-state index in [0.29, 0.717) is 28.2 Å². The molecule has 0 aliphatic rings. The molecule has 2 aromatic carbocycles. The van der Waals surface area contributed by atoms with E-state index in [4.69, 9.17) is 16.3 Å². The monoisotopic (exact) mass is 499 g/mol. The quantitative estimate of drug-likeness (QED) is 0.333. The predicted molar refractivity (Wildman–Crippen MR) is 125 cm³/mol. The molecule has 0 spiro atoms. The van der Waals surface area contributed by atoms with Gasteiger partial charge in [0.2, 0.25) is 0 Å². The third kappa shape index (κ3) is 5.41. The smallest absolute Gasteiger partial charge is 0.418 e. The molecule has 0 saturated carbocycles. The number of amides is 1. The van der Waals surface area contributed by atoms with Gasteiger partial charge in [-0.3, -0.25) is 9.78 Å². The Labute approximate surface area is 202 Å². The van der Waals surface area contributed by atoms with Crippen LogP contribution in [0.2, 0.25) is 5.02 Å². The Morgan fingerprint density at radius 2 is 1.83 bits per heavy atom. The standard InChI is InChI=1S/C25H17ClF3N3O3/c1-14(23(33)32-21-9-8-16(26)11-19(21)25(27,28)29)35-24(34)18-12-22(15-5-4-10-30-13-15)31-20-7-3-2-6-17(18)20/h2-14H,1H3,(H,32,33). The highest BCUT2D eigenvalue weighted by atomic mass is 35.5. The van der Waals surface area contributed by atoms with Gasteiger partial charge in [0.1, 0.15) is 0 Å². The number of halogens is 4. The first kappa shape index (κ1) is 24.2. The van der Waals surface area contributed by atoms with Crippen LogP contribution >= 0.6 is 11.6 Å². The number of nitrogens with one attached hydrogen (secondary N) is 1. The van der Waals surface area contributed by atoms with Crippen molar-refractivity contribution in [1.29, 1.82) is 0 Å². The van der Waals surface area contributed by atoms with E-state index in [1.54, 1.807) is 48.8 Å². The summed E-state index contributed by atoms with van der Waals surface area (Å²) in [4.78, 5) is 34.2. The molecule has 1 N–H and O–H groups in total. The van der Waals surface area contributed by atoms with Crippen molar-refractivity contribution in [3.05, 3.63) is 89.2 Å². The molecule has 0 saturated heterocycles. The second-order valence-electron chi connectivity index (χ2n) is 7.54. The Morgan fingerprint density at radius 3 is 2.54 bits per heavy atom. The van der Waals surface area contributed by atoms with Gasteiger partial charge in [-0.1, -0.05) is 29.8 Å². The van der Waals surface area contributed by atoms with Crippen LogP contribution < -0.4 is 5.32 Å². The number of aromatic nitrogens is 2. The second-order valence-corrected chi connectivity index (χ2v) is 7.97. The van der Waals surface area contributed by atoms with E-state index in [-0.39, 0.29) is 10.6 Å². The zero-order valence-corrected chi connectivity index (χ0v) is 18.9. The maximum Gasteiger partial charge on any atom is 0.418 e. The molecular weight excluding hydrogens is 483 g/mol. The number of carbonyl (C=O) groups excluding carboxylic acids is 2. The van der Waals surface area contributed by atoms with E-state index in [0.717, 1.165) is 6.07 Å². The number of ether oxygens (including phenoxy) is 1. The summed E-state index contributed by atoms with van der Waals surface area (Å²) in [5.41, 5.74) is 0.198. The average molecular weight is 500 g/mol. The summed E-state index contributed by atoms with van der Waals surface area (Å²) < 4.78 is 45.3. The van der Waals surface area contributed by atoms with Gasteiger partial charge in [-0.25, -0.2) is 9.78 Å². The van der Waals surface area contributed by atoms with E-state index < -0.39 is 35.4 Å². The Morgan fingerprint density at radius 1 is 1.06 bits per heavy atom. The third-order valence-corrected chi connectivity index (χ3v) is 5.33. The Bertz CT molecular complexity index is 1410. The van der Waals surface area contributed by atoms with Gasteiger partial charge in [0, 0.05) is 28.4 Å². The molecular formula is C25H17ClF3N3O3. The fourth-order valence-corrected chi connectivity index (χ4v) is 3.55. The van der Waals surface area contributed by atoms with E-state index >= 15 is 0 Å². The van der Waals surface area contributed by atoms with Crippen LogP contribution in [0, 0.1) is 0 Å². The van der Waals surface area contributed by atoms with Gasteiger partial charge >= 0.3 is 12.1 Å². The van der Waals surface area contributed by atoms with E-state index in [2.05, 4.69) is 15.3 Å². The van der Waals surface area contributed by atoms with Gasteiger partial charge in [0.05, 0.1) is 28.0 Å². The SMILES string of the molecule is CC(OC(=O)c1cc(-c2cccnc2)nc2ccccc12)C(=O)Nc1ccc(Cl)cc1C(F)(F)F. The third-order valence-electron chi connectivity index (χ3n) is 5.09. The first-order valence-corrected chi connectivity index (χ1v) is 10.7. The number of rotatable bonds is 5. The molecule has 1 unspecified atom stereocenters. The van der Waals surface area contributed by atoms with Crippen molar-refractivity contribution < 1.29 is 27.5 Å². The highest BCUT2D eigenvalue weighted by Crippen LogP contribution is 2.36. The topological polar surface area (TPSA) is 81.2 Å². The number of fused-ring (bicyclic) bond motifs is 1. The molecule has 0 aliphatic carbocycles. The Kier molecular flexibility index (Phi) is 6.70. The van der Waals surface area contributed by atoms with Crippen molar-refractivity contribution in [2.45, 2.75) is 19.2 Å². The Balaban J connectivity index is 1.60. The zero-order valence-electron chi connectivity index (χ0n) is 18.1. The van der Waals surface area contributed by atoms with Gasteiger partial charge in [-0.2, -0.15) is 13.2 Å². The van der Waals surface area contributed by atoms with Crippen molar-refractivity contribution in [3.8, 4) is 11.3 Å². The molecule has 10 heteroatoms. The summed E-state index contributed by atoms with van der Waals surface area (Å²) >= 11 is 5.67. The van der Waals surface area contributed by atoms with Crippen LogP contribution in [0.3, 0.4) is 0 Å². The minimum Gasteiger partial charge on any atom is -0.449 e. The van der Waals surface area contributed by atoms with E-state index in [1.165, 1.54) is 19.1 Å². The number of pyridine rings is 2. The van der Waals surface area contributed by atoms with Gasteiger partial charge in [-0.15, -0.1) is 0 Å². The largest absolute Gasteiger partial charge is 0.449 e. The van der Waals surface area contributed by atoms with Crippen molar-refractivity contribution in [3.63, 3.8) is 0 Å². The molecule has 35 heavy (non-hydrogen) atoms. The van der Waals surface area contributed by atoms with E-state index in [1.807, 2.05) is 0 Å². The molecule has 2 aromatic heterocycles. The number of anilines is 1. The average Bonchev–Trinajstić information content (AvgIpc) is 2.84. The minimum atomic E-state index is -4.74. The maximum atomic E-state index is 13.3. The second kappa shape index (κ2) is 9.71.